The average molecular weight is 278 g/mol. The summed E-state index contributed by atoms with van der Waals surface area (Å²) in [5, 5.41) is 3.42. The summed E-state index contributed by atoms with van der Waals surface area (Å²) in [7, 11) is 1.76. The van der Waals surface area contributed by atoms with Crippen LogP contribution in [0.5, 0.6) is 0 Å². The molecule has 1 atom stereocenters. The van der Waals surface area contributed by atoms with Gasteiger partial charge >= 0.3 is 0 Å². The van der Waals surface area contributed by atoms with Crippen molar-refractivity contribution in [1.82, 2.24) is 15.3 Å². The van der Waals surface area contributed by atoms with Crippen LogP contribution in [0.3, 0.4) is 0 Å². The van der Waals surface area contributed by atoms with E-state index < -0.39 is 0 Å². The Labute approximate surface area is 121 Å². The molecule has 1 aromatic rings. The molecule has 1 N–H and O–H groups in total. The minimum absolute atomic E-state index is 0.0999. The molecule has 1 unspecified atom stereocenters. The van der Waals surface area contributed by atoms with Gasteiger partial charge in [-0.05, 0) is 27.2 Å². The highest BCUT2D eigenvalue weighted by molar-refractivity contribution is 5.37. The molecule has 0 aliphatic carbocycles. The molecular formula is C15H26N4O. The van der Waals surface area contributed by atoms with Crippen molar-refractivity contribution in [3.8, 4) is 0 Å². The number of methoxy groups -OCH3 is 1. The molecule has 1 aliphatic rings. The van der Waals surface area contributed by atoms with Crippen molar-refractivity contribution in [2.75, 3.05) is 31.7 Å². The van der Waals surface area contributed by atoms with Crippen LogP contribution >= 0.6 is 0 Å². The zero-order chi connectivity index (χ0) is 14.6. The highest BCUT2D eigenvalue weighted by Gasteiger charge is 2.23. The lowest BCUT2D eigenvalue weighted by Gasteiger charge is -2.20. The number of ether oxygens (including phenoxy) is 1. The van der Waals surface area contributed by atoms with E-state index in [0.29, 0.717) is 5.92 Å². The van der Waals surface area contributed by atoms with E-state index in [2.05, 4.69) is 41.0 Å². The number of anilines is 1. The highest BCUT2D eigenvalue weighted by Crippen LogP contribution is 2.21. The maximum absolute atomic E-state index is 5.22. The fraction of sp³-hybridized carbons (Fsp3) is 0.733. The molecule has 5 heteroatoms. The van der Waals surface area contributed by atoms with E-state index in [1.807, 2.05) is 12.4 Å². The van der Waals surface area contributed by atoms with Crippen LogP contribution in [0.1, 0.15) is 32.9 Å². The van der Waals surface area contributed by atoms with E-state index in [0.717, 1.165) is 37.8 Å². The first-order chi connectivity index (χ1) is 9.48. The molecule has 112 valence electrons. The Morgan fingerprint density at radius 2 is 2.15 bits per heavy atom. The van der Waals surface area contributed by atoms with Crippen molar-refractivity contribution >= 4 is 5.82 Å². The van der Waals surface area contributed by atoms with Crippen LogP contribution < -0.4 is 10.2 Å². The summed E-state index contributed by atoms with van der Waals surface area (Å²) in [6.45, 7) is 10.1. The summed E-state index contributed by atoms with van der Waals surface area (Å²) in [5.41, 5.74) is 1.08. The molecule has 1 aromatic heterocycles. The van der Waals surface area contributed by atoms with Crippen LogP contribution in [0, 0.1) is 5.92 Å². The van der Waals surface area contributed by atoms with Gasteiger partial charge in [0, 0.05) is 38.2 Å². The maximum Gasteiger partial charge on any atom is 0.147 e. The van der Waals surface area contributed by atoms with Crippen LogP contribution in [0.4, 0.5) is 5.82 Å². The average Bonchev–Trinajstić information content (AvgIpc) is 2.85. The number of hydrogen-bond donors (Lipinski definition) is 1. The van der Waals surface area contributed by atoms with Crippen molar-refractivity contribution in [2.45, 2.75) is 39.3 Å². The van der Waals surface area contributed by atoms with Crippen molar-refractivity contribution in [3.05, 3.63) is 18.1 Å². The second-order valence-electron chi connectivity index (χ2n) is 6.53. The standard InChI is InChI=1S/C15H26N4O/c1-15(2,3)18-8-13-7-17-14(9-16-13)19-6-5-12(10-19)11-20-4/h7,9,12,18H,5-6,8,10-11H2,1-4H3. The number of rotatable bonds is 5. The fourth-order valence-electron chi connectivity index (χ4n) is 2.37. The van der Waals surface area contributed by atoms with Gasteiger partial charge in [0.05, 0.1) is 24.7 Å². The smallest absolute Gasteiger partial charge is 0.147 e. The molecule has 1 aliphatic heterocycles. The number of hydrogen-bond acceptors (Lipinski definition) is 5. The minimum atomic E-state index is 0.0999. The Bertz CT molecular complexity index is 413. The van der Waals surface area contributed by atoms with Crippen molar-refractivity contribution in [1.29, 1.82) is 0 Å². The maximum atomic E-state index is 5.22. The molecule has 1 saturated heterocycles. The molecule has 0 spiro atoms. The molecule has 5 nitrogen and oxygen atoms in total. The van der Waals surface area contributed by atoms with Gasteiger partial charge in [-0.3, -0.25) is 4.98 Å². The van der Waals surface area contributed by atoms with E-state index in [4.69, 9.17) is 4.74 Å². The van der Waals surface area contributed by atoms with Gasteiger partial charge in [0.1, 0.15) is 5.82 Å². The van der Waals surface area contributed by atoms with E-state index in [1.165, 1.54) is 6.42 Å². The first kappa shape index (κ1) is 15.2. The summed E-state index contributed by atoms with van der Waals surface area (Å²) in [6.07, 6.45) is 4.93. The van der Waals surface area contributed by atoms with Crippen molar-refractivity contribution in [2.24, 2.45) is 5.92 Å². The predicted molar refractivity (Wildman–Crippen MR) is 80.8 cm³/mol. The Kier molecular flexibility index (Phi) is 4.94. The number of aromatic nitrogens is 2. The molecule has 0 saturated carbocycles. The molecule has 0 bridgehead atoms. The van der Waals surface area contributed by atoms with E-state index >= 15 is 0 Å². The SMILES string of the molecule is COCC1CCN(c2cnc(CNC(C)(C)C)cn2)C1. The van der Waals surface area contributed by atoms with E-state index in [9.17, 15) is 0 Å². The first-order valence-corrected chi connectivity index (χ1v) is 7.28. The lowest BCUT2D eigenvalue weighted by molar-refractivity contribution is 0.161. The van der Waals surface area contributed by atoms with Crippen LogP contribution in [0.15, 0.2) is 12.4 Å². The van der Waals surface area contributed by atoms with Crippen molar-refractivity contribution in [3.63, 3.8) is 0 Å². The third-order valence-corrected chi connectivity index (χ3v) is 3.50. The summed E-state index contributed by atoms with van der Waals surface area (Å²) < 4.78 is 5.22. The van der Waals surface area contributed by atoms with Gasteiger partial charge in [0.25, 0.3) is 0 Å². The Balaban J connectivity index is 1.89. The second-order valence-corrected chi connectivity index (χ2v) is 6.53. The minimum Gasteiger partial charge on any atom is -0.384 e. The van der Waals surface area contributed by atoms with Crippen LogP contribution in [-0.4, -0.2) is 42.3 Å². The quantitative estimate of drug-likeness (QED) is 0.890. The normalized spacial score (nSPS) is 19.6. The van der Waals surface area contributed by atoms with E-state index in [1.54, 1.807) is 7.11 Å². The summed E-state index contributed by atoms with van der Waals surface area (Å²) in [6, 6.07) is 0. The zero-order valence-corrected chi connectivity index (χ0v) is 13.0. The highest BCUT2D eigenvalue weighted by atomic mass is 16.5. The molecule has 20 heavy (non-hydrogen) atoms. The molecule has 1 fully saturated rings. The molecule has 2 rings (SSSR count). The Morgan fingerprint density at radius 1 is 1.35 bits per heavy atom. The summed E-state index contributed by atoms with van der Waals surface area (Å²) in [4.78, 5) is 11.3. The Hall–Kier alpha value is -1.20. The predicted octanol–water partition coefficient (Wildman–Crippen LogP) is 1.84. The third kappa shape index (κ3) is 4.42. The summed E-state index contributed by atoms with van der Waals surface area (Å²) >= 11 is 0. The lowest BCUT2D eigenvalue weighted by atomic mass is 10.1. The molecule has 0 amide bonds. The van der Waals surface area contributed by atoms with Gasteiger partial charge in [-0.15, -0.1) is 0 Å². The van der Waals surface area contributed by atoms with Gasteiger partial charge in [-0.25, -0.2) is 4.98 Å². The Morgan fingerprint density at radius 3 is 2.75 bits per heavy atom. The van der Waals surface area contributed by atoms with Gasteiger partial charge in [-0.2, -0.15) is 0 Å². The first-order valence-electron chi connectivity index (χ1n) is 7.28. The lowest BCUT2D eigenvalue weighted by Crippen LogP contribution is -2.35. The van der Waals surface area contributed by atoms with Gasteiger partial charge in [-0.1, -0.05) is 0 Å². The topological polar surface area (TPSA) is 50.3 Å². The monoisotopic (exact) mass is 278 g/mol. The van der Waals surface area contributed by atoms with Crippen LogP contribution in [-0.2, 0) is 11.3 Å². The third-order valence-electron chi connectivity index (χ3n) is 3.50. The summed E-state index contributed by atoms with van der Waals surface area (Å²) in [5.74, 6) is 1.59. The van der Waals surface area contributed by atoms with Crippen LogP contribution in [0.2, 0.25) is 0 Å². The largest absolute Gasteiger partial charge is 0.384 e. The zero-order valence-electron chi connectivity index (χ0n) is 13.0. The molecule has 0 radical (unpaired) electrons. The van der Waals surface area contributed by atoms with Gasteiger partial charge in [0.2, 0.25) is 0 Å². The molecule has 2 heterocycles. The number of nitrogens with zero attached hydrogens (tertiary/aromatic N) is 3. The number of nitrogens with one attached hydrogen (secondary N) is 1. The molecular weight excluding hydrogens is 252 g/mol. The van der Waals surface area contributed by atoms with E-state index in [-0.39, 0.29) is 5.54 Å². The van der Waals surface area contributed by atoms with Crippen LogP contribution in [0.25, 0.3) is 0 Å². The van der Waals surface area contributed by atoms with Gasteiger partial charge in [0.15, 0.2) is 0 Å². The fourth-order valence-corrected chi connectivity index (χ4v) is 2.37. The van der Waals surface area contributed by atoms with Crippen molar-refractivity contribution < 1.29 is 4.74 Å². The molecule has 0 aromatic carbocycles. The van der Waals surface area contributed by atoms with Gasteiger partial charge < -0.3 is 15.0 Å². The second kappa shape index (κ2) is 6.50.